The summed E-state index contributed by atoms with van der Waals surface area (Å²) < 4.78 is 2.29. The molecular weight excluding hydrogens is 176 g/mol. The fraction of sp³-hybridized carbons (Fsp3) is 0.800. The first kappa shape index (κ1) is 8.41. The Labute approximate surface area is 83.5 Å². The summed E-state index contributed by atoms with van der Waals surface area (Å²) in [5, 5.41) is 8.54. The zero-order valence-electron chi connectivity index (χ0n) is 8.32. The predicted molar refractivity (Wildman–Crippen MR) is 52.9 cm³/mol. The van der Waals surface area contributed by atoms with Gasteiger partial charge >= 0.3 is 0 Å². The van der Waals surface area contributed by atoms with Crippen LogP contribution in [0.4, 0.5) is 0 Å². The van der Waals surface area contributed by atoms with Gasteiger partial charge in [0.2, 0.25) is 0 Å². The van der Waals surface area contributed by atoms with Gasteiger partial charge in [-0.1, -0.05) is 6.42 Å². The third-order valence-corrected chi connectivity index (χ3v) is 3.54. The first-order valence-corrected chi connectivity index (χ1v) is 5.54. The van der Waals surface area contributed by atoms with Gasteiger partial charge in [0.1, 0.15) is 11.6 Å². The van der Waals surface area contributed by atoms with Crippen LogP contribution in [-0.4, -0.2) is 20.8 Å². The number of rotatable bonds is 1. The Morgan fingerprint density at radius 2 is 2.14 bits per heavy atom. The molecule has 2 N–H and O–H groups in total. The van der Waals surface area contributed by atoms with Crippen LogP contribution < -0.4 is 5.73 Å². The highest BCUT2D eigenvalue weighted by Crippen LogP contribution is 2.33. The molecule has 0 amide bonds. The Bertz CT molecular complexity index is 344. The van der Waals surface area contributed by atoms with Gasteiger partial charge in [0, 0.05) is 24.9 Å². The quantitative estimate of drug-likeness (QED) is 0.716. The second-order valence-electron chi connectivity index (χ2n) is 4.43. The van der Waals surface area contributed by atoms with Gasteiger partial charge in [0.15, 0.2) is 0 Å². The van der Waals surface area contributed by atoms with Crippen molar-refractivity contribution in [1.82, 2.24) is 14.8 Å². The standard InChI is InChI=1S/C10H16N4/c11-8-4-1-3-7(8)10-13-12-9-5-2-6-14(9)10/h7-8H,1-6,11H2. The lowest BCUT2D eigenvalue weighted by molar-refractivity contribution is 0.543. The molecule has 0 radical (unpaired) electrons. The van der Waals surface area contributed by atoms with Gasteiger partial charge in [-0.25, -0.2) is 0 Å². The van der Waals surface area contributed by atoms with Crippen molar-refractivity contribution in [3.63, 3.8) is 0 Å². The Balaban J connectivity index is 1.96. The lowest BCUT2D eigenvalue weighted by Gasteiger charge is -2.14. The van der Waals surface area contributed by atoms with Crippen LogP contribution in [0.25, 0.3) is 0 Å². The minimum absolute atomic E-state index is 0.309. The molecule has 1 aromatic rings. The lowest BCUT2D eigenvalue weighted by Crippen LogP contribution is -2.25. The molecule has 0 aromatic carbocycles. The van der Waals surface area contributed by atoms with Crippen LogP contribution in [0.3, 0.4) is 0 Å². The molecule has 0 bridgehead atoms. The average Bonchev–Trinajstić information content (AvgIpc) is 2.78. The van der Waals surface area contributed by atoms with Crippen molar-refractivity contribution in [2.75, 3.05) is 0 Å². The van der Waals surface area contributed by atoms with E-state index in [1.54, 1.807) is 0 Å². The predicted octanol–water partition coefficient (Wildman–Crippen LogP) is 0.819. The van der Waals surface area contributed by atoms with Gasteiger partial charge in [-0.3, -0.25) is 0 Å². The van der Waals surface area contributed by atoms with Gasteiger partial charge in [-0.05, 0) is 19.3 Å². The third-order valence-electron chi connectivity index (χ3n) is 3.54. The normalized spacial score (nSPS) is 30.9. The third kappa shape index (κ3) is 1.10. The highest BCUT2D eigenvalue weighted by atomic mass is 15.3. The van der Waals surface area contributed by atoms with E-state index in [1.165, 1.54) is 25.1 Å². The molecule has 14 heavy (non-hydrogen) atoms. The minimum atomic E-state index is 0.309. The summed E-state index contributed by atoms with van der Waals surface area (Å²) in [6.45, 7) is 1.10. The molecule has 2 aliphatic rings. The molecule has 3 rings (SSSR count). The molecule has 1 aliphatic heterocycles. The zero-order valence-corrected chi connectivity index (χ0v) is 8.32. The summed E-state index contributed by atoms with van der Waals surface area (Å²) in [5.74, 6) is 2.79. The second-order valence-corrected chi connectivity index (χ2v) is 4.43. The van der Waals surface area contributed by atoms with E-state index >= 15 is 0 Å². The van der Waals surface area contributed by atoms with Crippen molar-refractivity contribution < 1.29 is 0 Å². The largest absolute Gasteiger partial charge is 0.327 e. The van der Waals surface area contributed by atoms with Crippen LogP contribution in [0.5, 0.6) is 0 Å². The number of aryl methyl sites for hydroxylation is 1. The Morgan fingerprint density at radius 3 is 2.93 bits per heavy atom. The topological polar surface area (TPSA) is 56.7 Å². The fourth-order valence-electron chi connectivity index (χ4n) is 2.76. The van der Waals surface area contributed by atoms with Gasteiger partial charge in [0.25, 0.3) is 0 Å². The number of fused-ring (bicyclic) bond motifs is 1. The molecule has 76 valence electrons. The van der Waals surface area contributed by atoms with E-state index < -0.39 is 0 Å². The van der Waals surface area contributed by atoms with Gasteiger partial charge < -0.3 is 10.3 Å². The molecule has 4 heteroatoms. The van der Waals surface area contributed by atoms with Gasteiger partial charge in [0.05, 0.1) is 0 Å². The molecule has 1 fully saturated rings. The Kier molecular flexibility index (Phi) is 1.83. The van der Waals surface area contributed by atoms with Crippen molar-refractivity contribution in [2.24, 2.45) is 5.73 Å². The van der Waals surface area contributed by atoms with Crippen molar-refractivity contribution >= 4 is 0 Å². The van der Waals surface area contributed by atoms with Crippen LogP contribution in [0.15, 0.2) is 0 Å². The molecule has 0 saturated heterocycles. The van der Waals surface area contributed by atoms with Crippen LogP contribution in [0.1, 0.15) is 43.3 Å². The van der Waals surface area contributed by atoms with Gasteiger partial charge in [-0.2, -0.15) is 0 Å². The second kappa shape index (κ2) is 3.05. The molecule has 4 nitrogen and oxygen atoms in total. The van der Waals surface area contributed by atoms with E-state index in [4.69, 9.17) is 5.73 Å². The number of nitrogens with two attached hydrogens (primary N) is 1. The van der Waals surface area contributed by atoms with E-state index in [0.29, 0.717) is 12.0 Å². The summed E-state index contributed by atoms with van der Waals surface area (Å²) in [5.41, 5.74) is 6.08. The van der Waals surface area contributed by atoms with Crippen LogP contribution >= 0.6 is 0 Å². The average molecular weight is 192 g/mol. The van der Waals surface area contributed by atoms with Crippen LogP contribution in [-0.2, 0) is 13.0 Å². The monoisotopic (exact) mass is 192 g/mol. The van der Waals surface area contributed by atoms with E-state index in [2.05, 4.69) is 14.8 Å². The summed E-state index contributed by atoms with van der Waals surface area (Å²) in [6.07, 6.45) is 5.90. The molecule has 2 atom stereocenters. The van der Waals surface area contributed by atoms with Crippen molar-refractivity contribution in [2.45, 2.75) is 50.6 Å². The van der Waals surface area contributed by atoms with E-state index in [-0.39, 0.29) is 0 Å². The molecule has 1 aliphatic carbocycles. The fourth-order valence-corrected chi connectivity index (χ4v) is 2.76. The minimum Gasteiger partial charge on any atom is -0.327 e. The Hall–Kier alpha value is -0.900. The SMILES string of the molecule is NC1CCCC1c1nnc2n1CCC2. The lowest BCUT2D eigenvalue weighted by atomic mass is 10.0. The maximum absolute atomic E-state index is 6.08. The summed E-state index contributed by atoms with van der Waals surface area (Å²) in [6, 6.07) is 0.309. The molecule has 1 saturated carbocycles. The maximum Gasteiger partial charge on any atom is 0.137 e. The molecule has 1 aromatic heterocycles. The van der Waals surface area contributed by atoms with Crippen molar-refractivity contribution in [1.29, 1.82) is 0 Å². The first-order chi connectivity index (χ1) is 6.86. The maximum atomic E-state index is 6.08. The van der Waals surface area contributed by atoms with E-state index in [9.17, 15) is 0 Å². The van der Waals surface area contributed by atoms with Crippen molar-refractivity contribution in [3.05, 3.63) is 11.6 Å². The highest BCUT2D eigenvalue weighted by Gasteiger charge is 2.31. The summed E-state index contributed by atoms with van der Waals surface area (Å²) in [4.78, 5) is 0. The zero-order chi connectivity index (χ0) is 9.54. The summed E-state index contributed by atoms with van der Waals surface area (Å²) >= 11 is 0. The molecule has 2 unspecified atom stereocenters. The summed E-state index contributed by atoms with van der Waals surface area (Å²) in [7, 11) is 0. The number of hydrogen-bond acceptors (Lipinski definition) is 3. The highest BCUT2D eigenvalue weighted by molar-refractivity contribution is 5.10. The van der Waals surface area contributed by atoms with Crippen LogP contribution in [0, 0.1) is 0 Å². The molecular formula is C10H16N4. The first-order valence-electron chi connectivity index (χ1n) is 5.54. The van der Waals surface area contributed by atoms with Crippen molar-refractivity contribution in [3.8, 4) is 0 Å². The smallest absolute Gasteiger partial charge is 0.137 e. The molecule has 0 spiro atoms. The van der Waals surface area contributed by atoms with Crippen LogP contribution in [0.2, 0.25) is 0 Å². The van der Waals surface area contributed by atoms with Gasteiger partial charge in [-0.15, -0.1) is 10.2 Å². The number of aromatic nitrogens is 3. The van der Waals surface area contributed by atoms with E-state index in [0.717, 1.165) is 25.2 Å². The number of nitrogens with zero attached hydrogens (tertiary/aromatic N) is 3. The van der Waals surface area contributed by atoms with E-state index in [1.807, 2.05) is 0 Å². The number of hydrogen-bond donors (Lipinski definition) is 1. The Morgan fingerprint density at radius 1 is 1.21 bits per heavy atom. The molecule has 2 heterocycles.